The van der Waals surface area contributed by atoms with Crippen LogP contribution in [0.2, 0.25) is 0 Å². The predicted molar refractivity (Wildman–Crippen MR) is 102 cm³/mol. The summed E-state index contributed by atoms with van der Waals surface area (Å²) in [5, 5.41) is 11.0. The molecule has 1 aliphatic carbocycles. The molecule has 152 valence electrons. The molecular formula is C22H22O7. The molecule has 0 bridgehead atoms. The third-order valence-electron chi connectivity index (χ3n) is 6.28. The van der Waals surface area contributed by atoms with Gasteiger partial charge in [-0.2, -0.15) is 0 Å². The summed E-state index contributed by atoms with van der Waals surface area (Å²) >= 11 is 0. The van der Waals surface area contributed by atoms with Crippen molar-refractivity contribution in [3.8, 4) is 23.0 Å². The van der Waals surface area contributed by atoms with Crippen molar-refractivity contribution in [2.75, 3.05) is 27.6 Å². The number of carbonyl (C=O) groups excluding carboxylic acids is 1. The first kappa shape index (κ1) is 18.1. The van der Waals surface area contributed by atoms with Gasteiger partial charge in [-0.05, 0) is 47.9 Å². The van der Waals surface area contributed by atoms with Gasteiger partial charge >= 0.3 is 5.97 Å². The van der Waals surface area contributed by atoms with Crippen molar-refractivity contribution in [1.82, 2.24) is 0 Å². The summed E-state index contributed by atoms with van der Waals surface area (Å²) in [5.74, 6) is 1.09. The maximum absolute atomic E-state index is 12.7. The minimum atomic E-state index is -0.818. The summed E-state index contributed by atoms with van der Waals surface area (Å²) in [6.07, 6.45) is -0.818. The first-order valence-corrected chi connectivity index (χ1v) is 9.54. The summed E-state index contributed by atoms with van der Waals surface area (Å²) in [6, 6.07) is 7.54. The minimum Gasteiger partial charge on any atom is -0.496 e. The Morgan fingerprint density at radius 1 is 0.966 bits per heavy atom. The highest BCUT2D eigenvalue weighted by Gasteiger charge is 2.52. The smallest absolute Gasteiger partial charge is 0.310 e. The van der Waals surface area contributed by atoms with Crippen LogP contribution in [0.1, 0.15) is 34.3 Å². The second-order valence-electron chi connectivity index (χ2n) is 7.63. The maximum Gasteiger partial charge on any atom is 0.310 e. The van der Waals surface area contributed by atoms with Gasteiger partial charge in [0.15, 0.2) is 11.5 Å². The fraction of sp³-hybridized carbons (Fsp3) is 0.409. The molecule has 29 heavy (non-hydrogen) atoms. The number of hydrogen-bond donors (Lipinski definition) is 1. The van der Waals surface area contributed by atoms with E-state index < -0.39 is 12.0 Å². The fourth-order valence-electron chi connectivity index (χ4n) is 4.82. The van der Waals surface area contributed by atoms with Gasteiger partial charge in [0.1, 0.15) is 11.5 Å². The molecule has 0 spiro atoms. The Bertz CT molecular complexity index is 974. The lowest BCUT2D eigenvalue weighted by Crippen LogP contribution is -2.34. The van der Waals surface area contributed by atoms with Gasteiger partial charge in [-0.15, -0.1) is 0 Å². The molecule has 7 nitrogen and oxygen atoms in total. The molecule has 0 radical (unpaired) electrons. The van der Waals surface area contributed by atoms with Crippen LogP contribution in [-0.4, -0.2) is 38.7 Å². The molecular weight excluding hydrogens is 376 g/mol. The zero-order valence-corrected chi connectivity index (χ0v) is 16.4. The SMILES string of the molecule is COc1cc(C2c3cc4c(cc3C(O)C3COC(=O)C23)OCO4)cc(OC)c1C. The number of carbonyl (C=O) groups is 1. The molecule has 2 aromatic carbocycles. The monoisotopic (exact) mass is 398 g/mol. The number of cyclic esters (lactones) is 1. The molecule has 2 heterocycles. The number of methoxy groups -OCH3 is 2. The highest BCUT2D eigenvalue weighted by molar-refractivity contribution is 5.78. The number of fused-ring (bicyclic) bond motifs is 3. The molecule has 2 aliphatic heterocycles. The van der Waals surface area contributed by atoms with Gasteiger partial charge in [-0.1, -0.05) is 0 Å². The standard InChI is InChI=1S/C22H22O7/c1-10-15(25-2)4-11(5-16(10)26-3)19-12-6-17-18(29-9-28-17)7-13(12)21(23)14-8-27-22(24)20(14)19/h4-7,14,19-21,23H,8-9H2,1-3H3. The van der Waals surface area contributed by atoms with Crippen molar-refractivity contribution in [2.45, 2.75) is 18.9 Å². The van der Waals surface area contributed by atoms with Crippen molar-refractivity contribution < 1.29 is 33.6 Å². The van der Waals surface area contributed by atoms with E-state index >= 15 is 0 Å². The van der Waals surface area contributed by atoms with Crippen LogP contribution in [0.4, 0.5) is 0 Å². The summed E-state index contributed by atoms with van der Waals surface area (Å²) in [6.45, 7) is 2.25. The average Bonchev–Trinajstić information content (AvgIpc) is 3.34. The van der Waals surface area contributed by atoms with Gasteiger partial charge in [0.05, 0.1) is 32.8 Å². The van der Waals surface area contributed by atoms with Gasteiger partial charge in [0.25, 0.3) is 0 Å². The van der Waals surface area contributed by atoms with Crippen LogP contribution in [0.15, 0.2) is 24.3 Å². The quantitative estimate of drug-likeness (QED) is 0.796. The third-order valence-corrected chi connectivity index (χ3v) is 6.28. The van der Waals surface area contributed by atoms with E-state index in [0.717, 1.165) is 22.3 Å². The Morgan fingerprint density at radius 2 is 1.59 bits per heavy atom. The highest BCUT2D eigenvalue weighted by atomic mass is 16.7. The van der Waals surface area contributed by atoms with Crippen molar-refractivity contribution in [3.63, 3.8) is 0 Å². The van der Waals surface area contributed by atoms with E-state index in [2.05, 4.69) is 0 Å². The minimum absolute atomic E-state index is 0.139. The van der Waals surface area contributed by atoms with Gasteiger partial charge in [-0.25, -0.2) is 0 Å². The van der Waals surface area contributed by atoms with E-state index in [-0.39, 0.29) is 31.2 Å². The van der Waals surface area contributed by atoms with Gasteiger partial charge in [-0.3, -0.25) is 4.79 Å². The molecule has 4 atom stereocenters. The molecule has 0 aromatic heterocycles. The lowest BCUT2D eigenvalue weighted by Gasteiger charge is -2.37. The van der Waals surface area contributed by atoms with Crippen molar-refractivity contribution in [3.05, 3.63) is 46.5 Å². The van der Waals surface area contributed by atoms with Gasteiger partial charge in [0.2, 0.25) is 6.79 Å². The first-order valence-electron chi connectivity index (χ1n) is 9.54. The predicted octanol–water partition coefficient (Wildman–Crippen LogP) is 2.71. The third kappa shape index (κ3) is 2.57. The average molecular weight is 398 g/mol. The van der Waals surface area contributed by atoms with Gasteiger partial charge < -0.3 is 28.8 Å². The second-order valence-corrected chi connectivity index (χ2v) is 7.63. The van der Waals surface area contributed by atoms with E-state index in [1.807, 2.05) is 31.2 Å². The molecule has 0 amide bonds. The molecule has 1 saturated heterocycles. The number of ether oxygens (including phenoxy) is 5. The van der Waals surface area contributed by atoms with Crippen LogP contribution >= 0.6 is 0 Å². The number of rotatable bonds is 3. The zero-order chi connectivity index (χ0) is 20.3. The number of hydrogen-bond acceptors (Lipinski definition) is 7. The maximum atomic E-state index is 12.7. The van der Waals surface area contributed by atoms with E-state index in [1.54, 1.807) is 14.2 Å². The summed E-state index contributed by atoms with van der Waals surface area (Å²) in [4.78, 5) is 12.7. The summed E-state index contributed by atoms with van der Waals surface area (Å²) in [5.41, 5.74) is 3.31. The summed E-state index contributed by atoms with van der Waals surface area (Å²) in [7, 11) is 3.21. The van der Waals surface area contributed by atoms with Crippen LogP contribution in [0.5, 0.6) is 23.0 Å². The van der Waals surface area contributed by atoms with Crippen LogP contribution in [0, 0.1) is 18.8 Å². The van der Waals surface area contributed by atoms with E-state index in [0.29, 0.717) is 23.0 Å². The molecule has 4 unspecified atom stereocenters. The lowest BCUT2D eigenvalue weighted by molar-refractivity contribution is -0.141. The van der Waals surface area contributed by atoms with Crippen LogP contribution in [-0.2, 0) is 9.53 Å². The molecule has 0 saturated carbocycles. The zero-order valence-electron chi connectivity index (χ0n) is 16.4. The van der Waals surface area contributed by atoms with E-state index in [1.165, 1.54) is 0 Å². The number of aliphatic hydroxyl groups excluding tert-OH is 1. The molecule has 1 fully saturated rings. The summed E-state index contributed by atoms with van der Waals surface area (Å²) < 4.78 is 27.5. The number of esters is 1. The van der Waals surface area contributed by atoms with E-state index in [4.69, 9.17) is 23.7 Å². The first-order chi connectivity index (χ1) is 14.0. The molecule has 7 heteroatoms. The largest absolute Gasteiger partial charge is 0.496 e. The van der Waals surface area contributed by atoms with Crippen molar-refractivity contribution >= 4 is 5.97 Å². The normalized spacial score (nSPS) is 26.6. The number of benzene rings is 2. The molecule has 2 aromatic rings. The Kier molecular flexibility index (Phi) is 4.10. The topological polar surface area (TPSA) is 83.5 Å². The Hall–Kier alpha value is -2.93. The second kappa shape index (κ2) is 6.56. The van der Waals surface area contributed by atoms with Crippen LogP contribution in [0.25, 0.3) is 0 Å². The van der Waals surface area contributed by atoms with Crippen LogP contribution in [0.3, 0.4) is 0 Å². The Labute approximate surface area is 168 Å². The van der Waals surface area contributed by atoms with E-state index in [9.17, 15) is 9.90 Å². The lowest BCUT2D eigenvalue weighted by atomic mass is 9.66. The molecule has 1 N–H and O–H groups in total. The molecule has 5 rings (SSSR count). The van der Waals surface area contributed by atoms with Crippen molar-refractivity contribution in [1.29, 1.82) is 0 Å². The number of aliphatic hydroxyl groups is 1. The Morgan fingerprint density at radius 3 is 2.21 bits per heavy atom. The Balaban J connectivity index is 1.75. The molecule has 3 aliphatic rings. The fourth-order valence-corrected chi connectivity index (χ4v) is 4.82. The van der Waals surface area contributed by atoms with Crippen LogP contribution < -0.4 is 18.9 Å². The van der Waals surface area contributed by atoms with Crippen molar-refractivity contribution in [2.24, 2.45) is 11.8 Å². The highest BCUT2D eigenvalue weighted by Crippen LogP contribution is 2.54. The van der Waals surface area contributed by atoms with Gasteiger partial charge in [0, 0.05) is 17.4 Å².